The van der Waals surface area contributed by atoms with Crippen molar-refractivity contribution in [2.45, 2.75) is 23.1 Å². The van der Waals surface area contributed by atoms with E-state index in [1.165, 1.54) is 4.90 Å². The molecule has 0 saturated heterocycles. The van der Waals surface area contributed by atoms with Gasteiger partial charge in [-0.25, -0.2) is 9.78 Å². The molecule has 0 unspecified atom stereocenters. The van der Waals surface area contributed by atoms with E-state index in [2.05, 4.69) is 4.98 Å². The van der Waals surface area contributed by atoms with Crippen LogP contribution in [0.25, 0.3) is 10.2 Å². The maximum Gasteiger partial charge on any atom is 0.339 e. The van der Waals surface area contributed by atoms with Gasteiger partial charge in [-0.15, -0.1) is 11.3 Å². The molecule has 1 amide bonds. The van der Waals surface area contributed by atoms with Gasteiger partial charge in [-0.2, -0.15) is 0 Å². The Balaban J connectivity index is 1.71. The van der Waals surface area contributed by atoms with Crippen molar-refractivity contribution in [3.05, 3.63) is 59.7 Å². The fourth-order valence-corrected chi connectivity index (χ4v) is 4.61. The summed E-state index contributed by atoms with van der Waals surface area (Å²) in [5, 5.41) is 0. The number of hydrogen-bond acceptors (Lipinski definition) is 6. The van der Waals surface area contributed by atoms with Gasteiger partial charge in [-0.05, 0) is 30.7 Å². The van der Waals surface area contributed by atoms with Crippen molar-refractivity contribution in [1.29, 1.82) is 0 Å². The molecule has 5 nitrogen and oxygen atoms in total. The fourth-order valence-electron chi connectivity index (χ4n) is 2.54. The number of nitrogens with zero attached hydrogens (tertiary/aromatic N) is 2. The van der Waals surface area contributed by atoms with Gasteiger partial charge in [0.15, 0.2) is 10.4 Å². The maximum atomic E-state index is 12.5. The van der Waals surface area contributed by atoms with Gasteiger partial charge in [0.05, 0.1) is 15.8 Å². The molecule has 7 heteroatoms. The van der Waals surface area contributed by atoms with Crippen LogP contribution in [0.5, 0.6) is 0 Å². The number of para-hydroxylation sites is 1. The van der Waals surface area contributed by atoms with E-state index in [0.29, 0.717) is 11.3 Å². The summed E-state index contributed by atoms with van der Waals surface area (Å²) in [5.41, 5.74) is 2.31. The van der Waals surface area contributed by atoms with Crippen LogP contribution in [-0.4, -0.2) is 42.0 Å². The zero-order valence-corrected chi connectivity index (χ0v) is 17.0. The summed E-state index contributed by atoms with van der Waals surface area (Å²) >= 11 is 3.22. The molecule has 1 atom stereocenters. The van der Waals surface area contributed by atoms with Crippen LogP contribution in [0.2, 0.25) is 0 Å². The van der Waals surface area contributed by atoms with Crippen LogP contribution < -0.4 is 0 Å². The second-order valence-corrected chi connectivity index (χ2v) is 8.43. The van der Waals surface area contributed by atoms with E-state index in [9.17, 15) is 9.59 Å². The number of ether oxygens (including phenoxy) is 1. The standard InChI is InChI=1S/C20H20N2O3S2/c1-13(18(23)22(2)3)25-19(24)15-9-5-4-8-14(15)12-26-20-21-16-10-6-7-11-17(16)27-20/h4-11,13H,12H2,1-3H3/t13-/m1/s1. The molecule has 1 heterocycles. The van der Waals surface area contributed by atoms with Crippen LogP contribution >= 0.6 is 23.1 Å². The Morgan fingerprint density at radius 1 is 1.15 bits per heavy atom. The molecule has 140 valence electrons. The Morgan fingerprint density at radius 3 is 2.59 bits per heavy atom. The third-order valence-corrected chi connectivity index (χ3v) is 6.16. The fraction of sp³-hybridized carbons (Fsp3) is 0.250. The highest BCUT2D eigenvalue weighted by Crippen LogP contribution is 2.32. The summed E-state index contributed by atoms with van der Waals surface area (Å²) in [6.07, 6.45) is -0.822. The molecule has 0 radical (unpaired) electrons. The lowest BCUT2D eigenvalue weighted by Gasteiger charge is -2.18. The highest BCUT2D eigenvalue weighted by molar-refractivity contribution is 8.00. The van der Waals surface area contributed by atoms with E-state index in [1.807, 2.05) is 36.4 Å². The molecule has 0 aliphatic carbocycles. The first-order valence-corrected chi connectivity index (χ1v) is 10.2. The number of thiazole rings is 1. The van der Waals surface area contributed by atoms with E-state index >= 15 is 0 Å². The Kier molecular flexibility index (Phi) is 6.13. The summed E-state index contributed by atoms with van der Waals surface area (Å²) < 4.78 is 7.44. The van der Waals surface area contributed by atoms with Gasteiger partial charge in [-0.1, -0.05) is 42.1 Å². The Morgan fingerprint density at radius 2 is 1.85 bits per heavy atom. The summed E-state index contributed by atoms with van der Waals surface area (Å²) in [4.78, 5) is 30.5. The molecular weight excluding hydrogens is 380 g/mol. The monoisotopic (exact) mass is 400 g/mol. The second kappa shape index (κ2) is 8.54. The number of amides is 1. The number of esters is 1. The van der Waals surface area contributed by atoms with Gasteiger partial charge in [-0.3, -0.25) is 4.79 Å². The Labute approximate surface area is 166 Å². The molecule has 3 aromatic rings. The maximum absolute atomic E-state index is 12.5. The third kappa shape index (κ3) is 4.67. The quantitative estimate of drug-likeness (QED) is 0.458. The van der Waals surface area contributed by atoms with Crippen molar-refractivity contribution < 1.29 is 14.3 Å². The van der Waals surface area contributed by atoms with E-state index < -0.39 is 12.1 Å². The smallest absolute Gasteiger partial charge is 0.339 e. The largest absolute Gasteiger partial charge is 0.449 e. The zero-order chi connectivity index (χ0) is 19.4. The number of thioether (sulfide) groups is 1. The molecule has 0 aliphatic rings. The molecule has 1 aromatic heterocycles. The van der Waals surface area contributed by atoms with Gasteiger partial charge in [0.25, 0.3) is 5.91 Å². The van der Waals surface area contributed by atoms with Gasteiger partial charge >= 0.3 is 5.97 Å². The lowest BCUT2D eigenvalue weighted by atomic mass is 10.1. The number of likely N-dealkylation sites (N-methyl/N-ethyl adjacent to an activating group) is 1. The molecule has 0 fully saturated rings. The lowest BCUT2D eigenvalue weighted by Crippen LogP contribution is -2.35. The first kappa shape index (κ1) is 19.4. The number of carbonyl (C=O) groups is 2. The second-order valence-electron chi connectivity index (χ2n) is 6.17. The minimum absolute atomic E-state index is 0.246. The van der Waals surface area contributed by atoms with Crippen LogP contribution in [-0.2, 0) is 15.3 Å². The van der Waals surface area contributed by atoms with Crippen LogP contribution in [0, 0.1) is 0 Å². The van der Waals surface area contributed by atoms with Crippen molar-refractivity contribution in [3.63, 3.8) is 0 Å². The van der Waals surface area contributed by atoms with Crippen LogP contribution in [0.4, 0.5) is 0 Å². The average Bonchev–Trinajstić information content (AvgIpc) is 3.08. The van der Waals surface area contributed by atoms with Gasteiger partial charge in [0.2, 0.25) is 0 Å². The zero-order valence-electron chi connectivity index (χ0n) is 15.3. The van der Waals surface area contributed by atoms with Crippen LogP contribution in [0.1, 0.15) is 22.8 Å². The molecule has 3 rings (SSSR count). The minimum Gasteiger partial charge on any atom is -0.449 e. The number of benzene rings is 2. The van der Waals surface area contributed by atoms with Crippen molar-refractivity contribution in [2.24, 2.45) is 0 Å². The minimum atomic E-state index is -0.822. The number of rotatable bonds is 6. The molecule has 0 aliphatic heterocycles. The lowest BCUT2D eigenvalue weighted by molar-refractivity contribution is -0.137. The number of fused-ring (bicyclic) bond motifs is 1. The SMILES string of the molecule is C[C@@H](OC(=O)c1ccccc1CSc1nc2ccccc2s1)C(=O)N(C)C. The van der Waals surface area contributed by atoms with Crippen molar-refractivity contribution >= 4 is 45.2 Å². The summed E-state index contributed by atoms with van der Waals surface area (Å²) in [6.45, 7) is 1.58. The molecule has 0 spiro atoms. The average molecular weight is 401 g/mol. The van der Waals surface area contributed by atoms with E-state index in [4.69, 9.17) is 4.74 Å². The van der Waals surface area contributed by atoms with E-state index in [0.717, 1.165) is 20.1 Å². The van der Waals surface area contributed by atoms with Gasteiger partial charge in [0.1, 0.15) is 0 Å². The molecule has 2 aromatic carbocycles. The van der Waals surface area contributed by atoms with E-state index in [-0.39, 0.29) is 5.91 Å². The first-order valence-electron chi connectivity index (χ1n) is 8.44. The third-order valence-electron chi connectivity index (χ3n) is 3.94. The number of carbonyl (C=O) groups excluding carboxylic acids is 2. The predicted molar refractivity (Wildman–Crippen MR) is 109 cm³/mol. The summed E-state index contributed by atoms with van der Waals surface area (Å²) in [7, 11) is 3.27. The highest BCUT2D eigenvalue weighted by atomic mass is 32.2. The number of hydrogen-bond donors (Lipinski definition) is 0. The van der Waals surface area contributed by atoms with Gasteiger partial charge in [0, 0.05) is 19.8 Å². The van der Waals surface area contributed by atoms with Crippen molar-refractivity contribution in [3.8, 4) is 0 Å². The normalized spacial score (nSPS) is 12.0. The predicted octanol–water partition coefficient (Wildman–Crippen LogP) is 4.22. The molecule has 27 heavy (non-hydrogen) atoms. The van der Waals surface area contributed by atoms with Crippen LogP contribution in [0.3, 0.4) is 0 Å². The summed E-state index contributed by atoms with van der Waals surface area (Å²) in [6, 6.07) is 15.3. The first-order chi connectivity index (χ1) is 13.0. The van der Waals surface area contributed by atoms with Crippen molar-refractivity contribution in [2.75, 3.05) is 14.1 Å². The van der Waals surface area contributed by atoms with Gasteiger partial charge < -0.3 is 9.64 Å². The molecule has 0 N–H and O–H groups in total. The summed E-state index contributed by atoms with van der Waals surface area (Å²) in [5.74, 6) is -0.135. The topological polar surface area (TPSA) is 59.5 Å². The highest BCUT2D eigenvalue weighted by Gasteiger charge is 2.22. The molecule has 0 bridgehead atoms. The Hall–Kier alpha value is -2.38. The Bertz CT molecular complexity index is 936. The van der Waals surface area contributed by atoms with Crippen LogP contribution in [0.15, 0.2) is 52.9 Å². The van der Waals surface area contributed by atoms with E-state index in [1.54, 1.807) is 56.3 Å². The molecule has 0 saturated carbocycles. The number of aromatic nitrogens is 1. The molecular formula is C20H20N2O3S2. The van der Waals surface area contributed by atoms with Crippen molar-refractivity contribution in [1.82, 2.24) is 9.88 Å².